The molecule has 0 saturated carbocycles. The zero-order chi connectivity index (χ0) is 16.3. The van der Waals surface area contributed by atoms with Crippen LogP contribution in [0.4, 0.5) is 5.69 Å². The maximum atomic E-state index is 12.3. The van der Waals surface area contributed by atoms with Gasteiger partial charge in [0.1, 0.15) is 0 Å². The summed E-state index contributed by atoms with van der Waals surface area (Å²) >= 11 is 11.7. The molecule has 22 heavy (non-hydrogen) atoms. The molecular formula is C14H11Cl2NO4S. The van der Waals surface area contributed by atoms with Crippen molar-refractivity contribution in [2.45, 2.75) is 4.90 Å². The van der Waals surface area contributed by atoms with E-state index in [2.05, 4.69) is 9.46 Å². The Labute approximate surface area is 137 Å². The molecule has 0 heterocycles. The van der Waals surface area contributed by atoms with Gasteiger partial charge in [0.05, 0.1) is 22.6 Å². The summed E-state index contributed by atoms with van der Waals surface area (Å²) < 4.78 is 31.5. The Morgan fingerprint density at radius 1 is 1.14 bits per heavy atom. The second-order valence-corrected chi connectivity index (χ2v) is 6.78. The van der Waals surface area contributed by atoms with Crippen LogP contribution in [0, 0.1) is 0 Å². The molecule has 8 heteroatoms. The highest BCUT2D eigenvalue weighted by molar-refractivity contribution is 7.92. The number of methoxy groups -OCH3 is 1. The van der Waals surface area contributed by atoms with E-state index in [1.165, 1.54) is 43.5 Å². The van der Waals surface area contributed by atoms with Crippen molar-refractivity contribution in [2.75, 3.05) is 11.8 Å². The molecule has 0 radical (unpaired) electrons. The fourth-order valence-electron chi connectivity index (χ4n) is 1.70. The molecule has 0 atom stereocenters. The van der Waals surface area contributed by atoms with Gasteiger partial charge in [-0.1, -0.05) is 29.3 Å². The molecule has 0 spiro atoms. The highest BCUT2D eigenvalue weighted by Gasteiger charge is 2.17. The number of halogens is 2. The molecule has 0 aliphatic carbocycles. The number of hydrogen-bond acceptors (Lipinski definition) is 4. The van der Waals surface area contributed by atoms with Gasteiger partial charge in [-0.15, -0.1) is 0 Å². The van der Waals surface area contributed by atoms with Crippen LogP contribution >= 0.6 is 23.2 Å². The SMILES string of the molecule is COC(=O)c1cc(NS(=O)(=O)c2cccc(Cl)c2)ccc1Cl. The fraction of sp³-hybridized carbons (Fsp3) is 0.0714. The molecule has 0 aromatic heterocycles. The highest BCUT2D eigenvalue weighted by Crippen LogP contribution is 2.24. The highest BCUT2D eigenvalue weighted by atomic mass is 35.5. The summed E-state index contributed by atoms with van der Waals surface area (Å²) in [4.78, 5) is 11.6. The second kappa shape index (κ2) is 6.56. The van der Waals surface area contributed by atoms with Gasteiger partial charge >= 0.3 is 5.97 Å². The average Bonchev–Trinajstić information content (AvgIpc) is 2.48. The van der Waals surface area contributed by atoms with E-state index in [9.17, 15) is 13.2 Å². The van der Waals surface area contributed by atoms with Crippen LogP contribution in [0.2, 0.25) is 10.0 Å². The minimum atomic E-state index is -3.83. The van der Waals surface area contributed by atoms with Gasteiger partial charge in [-0.25, -0.2) is 13.2 Å². The summed E-state index contributed by atoms with van der Waals surface area (Å²) in [6.45, 7) is 0. The molecule has 0 aliphatic heterocycles. The summed E-state index contributed by atoms with van der Waals surface area (Å²) in [5.41, 5.74) is 0.250. The Morgan fingerprint density at radius 2 is 1.86 bits per heavy atom. The van der Waals surface area contributed by atoms with Crippen LogP contribution in [-0.2, 0) is 14.8 Å². The lowest BCUT2D eigenvalue weighted by molar-refractivity contribution is 0.0601. The first-order valence-corrected chi connectivity index (χ1v) is 8.23. The summed E-state index contributed by atoms with van der Waals surface area (Å²) in [6, 6.07) is 9.97. The quantitative estimate of drug-likeness (QED) is 0.846. The normalized spacial score (nSPS) is 11.0. The molecule has 2 rings (SSSR count). The van der Waals surface area contributed by atoms with Gasteiger partial charge in [0.25, 0.3) is 10.0 Å². The minimum Gasteiger partial charge on any atom is -0.465 e. The molecule has 0 amide bonds. The lowest BCUT2D eigenvalue weighted by Gasteiger charge is -2.10. The second-order valence-electron chi connectivity index (χ2n) is 4.25. The largest absolute Gasteiger partial charge is 0.465 e. The Balaban J connectivity index is 2.36. The topological polar surface area (TPSA) is 72.5 Å². The van der Waals surface area contributed by atoms with E-state index in [-0.39, 0.29) is 21.2 Å². The molecular weight excluding hydrogens is 349 g/mol. The monoisotopic (exact) mass is 359 g/mol. The molecule has 116 valence electrons. The number of anilines is 1. The van der Waals surface area contributed by atoms with Crippen molar-refractivity contribution in [2.24, 2.45) is 0 Å². The number of carbonyl (C=O) groups is 1. The predicted molar refractivity (Wildman–Crippen MR) is 85.1 cm³/mol. The molecule has 5 nitrogen and oxygen atoms in total. The maximum absolute atomic E-state index is 12.3. The zero-order valence-corrected chi connectivity index (χ0v) is 13.7. The standard InChI is InChI=1S/C14H11Cl2NO4S/c1-21-14(18)12-8-10(5-6-13(12)16)17-22(19,20)11-4-2-3-9(15)7-11/h2-8,17H,1H3. The van der Waals surface area contributed by atoms with Crippen molar-refractivity contribution >= 4 is 44.9 Å². The van der Waals surface area contributed by atoms with E-state index < -0.39 is 16.0 Å². The molecule has 0 unspecified atom stereocenters. The molecule has 0 aliphatic rings. The Morgan fingerprint density at radius 3 is 2.50 bits per heavy atom. The third-order valence-electron chi connectivity index (χ3n) is 2.73. The Kier molecular flexibility index (Phi) is 4.95. The van der Waals surface area contributed by atoms with Crippen molar-refractivity contribution in [1.29, 1.82) is 0 Å². The first-order chi connectivity index (χ1) is 10.3. The van der Waals surface area contributed by atoms with E-state index in [0.29, 0.717) is 5.02 Å². The van der Waals surface area contributed by atoms with Gasteiger partial charge in [0, 0.05) is 10.7 Å². The van der Waals surface area contributed by atoms with E-state index >= 15 is 0 Å². The zero-order valence-electron chi connectivity index (χ0n) is 11.3. The fourth-order valence-corrected chi connectivity index (χ4v) is 3.25. The molecule has 0 saturated heterocycles. The molecule has 1 N–H and O–H groups in total. The summed E-state index contributed by atoms with van der Waals surface area (Å²) in [7, 11) is -2.62. The Bertz CT molecular complexity index is 821. The lowest BCUT2D eigenvalue weighted by atomic mass is 10.2. The van der Waals surface area contributed by atoms with Crippen LogP contribution in [0.3, 0.4) is 0 Å². The predicted octanol–water partition coefficient (Wildman–Crippen LogP) is 3.58. The van der Waals surface area contributed by atoms with Gasteiger partial charge in [-0.05, 0) is 36.4 Å². The van der Waals surface area contributed by atoms with Gasteiger partial charge in [-0.3, -0.25) is 4.72 Å². The van der Waals surface area contributed by atoms with E-state index in [4.69, 9.17) is 23.2 Å². The number of benzene rings is 2. The molecule has 2 aromatic carbocycles. The third kappa shape index (κ3) is 3.71. The summed E-state index contributed by atoms with van der Waals surface area (Å²) in [5, 5.41) is 0.465. The number of rotatable bonds is 4. The minimum absolute atomic E-state index is 0.00886. The van der Waals surface area contributed by atoms with Crippen molar-refractivity contribution in [1.82, 2.24) is 0 Å². The van der Waals surface area contributed by atoms with Gasteiger partial charge in [-0.2, -0.15) is 0 Å². The van der Waals surface area contributed by atoms with Crippen LogP contribution in [0.5, 0.6) is 0 Å². The Hall–Kier alpha value is -1.76. The van der Waals surface area contributed by atoms with E-state index in [1.54, 1.807) is 6.07 Å². The van der Waals surface area contributed by atoms with Gasteiger partial charge < -0.3 is 4.74 Å². The van der Waals surface area contributed by atoms with Gasteiger partial charge in [0.2, 0.25) is 0 Å². The van der Waals surface area contributed by atoms with Crippen LogP contribution in [0.1, 0.15) is 10.4 Å². The van der Waals surface area contributed by atoms with Crippen LogP contribution in [0.25, 0.3) is 0 Å². The number of sulfonamides is 1. The van der Waals surface area contributed by atoms with Crippen molar-refractivity contribution in [3.05, 3.63) is 58.1 Å². The molecule has 0 fully saturated rings. The first-order valence-electron chi connectivity index (χ1n) is 6.00. The average molecular weight is 360 g/mol. The maximum Gasteiger partial charge on any atom is 0.339 e. The van der Waals surface area contributed by atoms with Crippen LogP contribution in [0.15, 0.2) is 47.4 Å². The molecule has 0 bridgehead atoms. The third-order valence-corrected chi connectivity index (χ3v) is 4.67. The van der Waals surface area contributed by atoms with Crippen LogP contribution in [-0.4, -0.2) is 21.5 Å². The number of hydrogen-bond donors (Lipinski definition) is 1. The lowest BCUT2D eigenvalue weighted by Crippen LogP contribution is -2.13. The smallest absolute Gasteiger partial charge is 0.339 e. The van der Waals surface area contributed by atoms with Gasteiger partial charge in [0.15, 0.2) is 0 Å². The summed E-state index contributed by atoms with van der Waals surface area (Å²) in [6.07, 6.45) is 0. The molecule has 2 aromatic rings. The van der Waals surface area contributed by atoms with Crippen molar-refractivity contribution in [3.63, 3.8) is 0 Å². The summed E-state index contributed by atoms with van der Waals surface area (Å²) in [5.74, 6) is -0.659. The van der Waals surface area contributed by atoms with E-state index in [0.717, 1.165) is 0 Å². The number of nitrogens with one attached hydrogen (secondary N) is 1. The number of esters is 1. The van der Waals surface area contributed by atoms with Crippen molar-refractivity contribution in [3.8, 4) is 0 Å². The van der Waals surface area contributed by atoms with Crippen LogP contribution < -0.4 is 4.72 Å². The van der Waals surface area contributed by atoms with E-state index in [1.807, 2.05) is 0 Å². The number of carbonyl (C=O) groups excluding carboxylic acids is 1. The first kappa shape index (κ1) is 16.6. The number of ether oxygens (including phenoxy) is 1. The van der Waals surface area contributed by atoms with Crippen molar-refractivity contribution < 1.29 is 17.9 Å².